The Bertz CT molecular complexity index is 408. The van der Waals surface area contributed by atoms with Gasteiger partial charge >= 0.3 is 0 Å². The Morgan fingerprint density at radius 1 is 1.42 bits per heavy atom. The van der Waals surface area contributed by atoms with Crippen molar-refractivity contribution in [2.45, 2.75) is 32.5 Å². The first kappa shape index (κ1) is 14.0. The van der Waals surface area contributed by atoms with E-state index in [4.69, 9.17) is 9.47 Å². The number of carbonyl (C=O) groups is 1. The van der Waals surface area contributed by atoms with E-state index in [1.807, 2.05) is 38.1 Å². The second kappa shape index (κ2) is 6.68. The largest absolute Gasteiger partial charge is 0.491 e. The van der Waals surface area contributed by atoms with Gasteiger partial charge < -0.3 is 14.8 Å². The van der Waals surface area contributed by atoms with E-state index in [-0.39, 0.29) is 18.0 Å². The van der Waals surface area contributed by atoms with E-state index < -0.39 is 0 Å². The molecular formula is C15H21NO3. The van der Waals surface area contributed by atoms with Crippen molar-refractivity contribution in [1.29, 1.82) is 0 Å². The average molecular weight is 263 g/mol. The fourth-order valence-corrected chi connectivity index (χ4v) is 2.07. The van der Waals surface area contributed by atoms with Gasteiger partial charge in [0.25, 0.3) is 0 Å². The highest BCUT2D eigenvalue weighted by atomic mass is 16.5. The summed E-state index contributed by atoms with van der Waals surface area (Å²) in [4.78, 5) is 12.1. The first-order valence-corrected chi connectivity index (χ1v) is 6.77. The maximum absolute atomic E-state index is 12.1. The van der Waals surface area contributed by atoms with Crippen molar-refractivity contribution in [3.8, 4) is 5.75 Å². The molecule has 4 nitrogen and oxygen atoms in total. The summed E-state index contributed by atoms with van der Waals surface area (Å²) in [7, 11) is 0. The molecule has 1 aromatic rings. The Morgan fingerprint density at radius 2 is 2.16 bits per heavy atom. The maximum atomic E-state index is 12.1. The molecule has 104 valence electrons. The third-order valence-electron chi connectivity index (χ3n) is 2.97. The summed E-state index contributed by atoms with van der Waals surface area (Å²) in [5, 5.41) is 3.23. The zero-order chi connectivity index (χ0) is 13.7. The van der Waals surface area contributed by atoms with Gasteiger partial charge in [0.1, 0.15) is 5.75 Å². The van der Waals surface area contributed by atoms with Crippen molar-refractivity contribution in [1.82, 2.24) is 5.32 Å². The lowest BCUT2D eigenvalue weighted by Gasteiger charge is -2.22. The molecule has 0 radical (unpaired) electrons. The quantitative estimate of drug-likeness (QED) is 0.826. The number of benzene rings is 1. The smallest absolute Gasteiger partial charge is 0.165 e. The summed E-state index contributed by atoms with van der Waals surface area (Å²) >= 11 is 0. The molecule has 0 saturated carbocycles. The van der Waals surface area contributed by atoms with Crippen molar-refractivity contribution >= 4 is 5.78 Å². The van der Waals surface area contributed by atoms with Gasteiger partial charge in [-0.1, -0.05) is 0 Å². The minimum atomic E-state index is -0.00663. The van der Waals surface area contributed by atoms with Crippen LogP contribution in [0.1, 0.15) is 30.6 Å². The summed E-state index contributed by atoms with van der Waals surface area (Å²) in [5.74, 6) is 0.909. The van der Waals surface area contributed by atoms with Crippen molar-refractivity contribution in [2.24, 2.45) is 0 Å². The molecule has 2 rings (SSSR count). The van der Waals surface area contributed by atoms with Gasteiger partial charge in [-0.2, -0.15) is 0 Å². The van der Waals surface area contributed by atoms with Crippen LogP contribution in [0, 0.1) is 0 Å². The van der Waals surface area contributed by atoms with Crippen LogP contribution in [0.4, 0.5) is 0 Å². The number of nitrogens with one attached hydrogen (secondary N) is 1. The van der Waals surface area contributed by atoms with Gasteiger partial charge in [0.15, 0.2) is 5.78 Å². The average Bonchev–Trinajstić information content (AvgIpc) is 2.40. The number of ether oxygens (including phenoxy) is 2. The molecule has 0 aliphatic carbocycles. The van der Waals surface area contributed by atoms with Gasteiger partial charge in [-0.3, -0.25) is 4.79 Å². The van der Waals surface area contributed by atoms with Crippen LogP contribution >= 0.6 is 0 Å². The monoisotopic (exact) mass is 263 g/mol. The zero-order valence-corrected chi connectivity index (χ0v) is 11.5. The van der Waals surface area contributed by atoms with Crippen LogP contribution in [0.2, 0.25) is 0 Å². The fraction of sp³-hybridized carbons (Fsp3) is 0.533. The summed E-state index contributed by atoms with van der Waals surface area (Å²) in [6.07, 6.45) is 0.563. The molecule has 19 heavy (non-hydrogen) atoms. The Morgan fingerprint density at radius 3 is 2.74 bits per heavy atom. The molecule has 1 aliphatic heterocycles. The molecule has 1 saturated heterocycles. The van der Waals surface area contributed by atoms with Crippen LogP contribution in [0.25, 0.3) is 0 Å². The minimum Gasteiger partial charge on any atom is -0.491 e. The molecule has 0 bridgehead atoms. The first-order chi connectivity index (χ1) is 9.15. The summed E-state index contributed by atoms with van der Waals surface area (Å²) in [5.41, 5.74) is 0.713. The van der Waals surface area contributed by atoms with Gasteiger partial charge in [0.2, 0.25) is 0 Å². The summed E-state index contributed by atoms with van der Waals surface area (Å²) in [6.45, 7) is 6.25. The highest BCUT2D eigenvalue weighted by Crippen LogP contribution is 2.16. The zero-order valence-electron chi connectivity index (χ0n) is 11.5. The number of Topliss-reactive ketones (excluding diaryl/α,β-unsaturated/α-hetero) is 1. The molecule has 1 fully saturated rings. The van der Waals surface area contributed by atoms with E-state index in [0.29, 0.717) is 18.6 Å². The number of ketones is 1. The molecule has 0 aromatic heterocycles. The topological polar surface area (TPSA) is 47.6 Å². The van der Waals surface area contributed by atoms with Crippen LogP contribution in [0.5, 0.6) is 5.75 Å². The van der Waals surface area contributed by atoms with Crippen molar-refractivity contribution in [3.05, 3.63) is 29.8 Å². The molecule has 1 atom stereocenters. The number of rotatable bonds is 5. The second-order valence-corrected chi connectivity index (χ2v) is 5.02. The van der Waals surface area contributed by atoms with Gasteiger partial charge in [-0.25, -0.2) is 0 Å². The highest BCUT2D eigenvalue weighted by Gasteiger charge is 2.18. The van der Waals surface area contributed by atoms with Gasteiger partial charge in [-0.05, 0) is 38.1 Å². The van der Waals surface area contributed by atoms with E-state index >= 15 is 0 Å². The molecule has 0 spiro atoms. The molecule has 1 aliphatic rings. The van der Waals surface area contributed by atoms with Crippen LogP contribution in [-0.2, 0) is 4.74 Å². The number of carbonyl (C=O) groups excluding carboxylic acids is 1. The van der Waals surface area contributed by atoms with E-state index in [9.17, 15) is 4.79 Å². The molecule has 4 heteroatoms. The van der Waals surface area contributed by atoms with Crippen LogP contribution in [0.3, 0.4) is 0 Å². The lowest BCUT2D eigenvalue weighted by molar-refractivity contribution is 0.0240. The van der Waals surface area contributed by atoms with E-state index in [1.165, 1.54) is 0 Å². The van der Waals surface area contributed by atoms with Gasteiger partial charge in [0, 0.05) is 25.1 Å². The Kier molecular flexibility index (Phi) is 4.93. The molecule has 0 amide bonds. The standard InChI is InChI=1S/C15H21NO3/c1-11(2)19-13-5-3-12(4-6-13)15(17)9-14-10-16-7-8-18-14/h3-6,11,14,16H,7-10H2,1-2H3. The summed E-state index contributed by atoms with van der Waals surface area (Å²) < 4.78 is 11.1. The van der Waals surface area contributed by atoms with Crippen LogP contribution < -0.4 is 10.1 Å². The minimum absolute atomic E-state index is 0.00663. The molecule has 1 unspecified atom stereocenters. The molecule has 1 aromatic carbocycles. The maximum Gasteiger partial charge on any atom is 0.165 e. The van der Waals surface area contributed by atoms with Crippen molar-refractivity contribution < 1.29 is 14.3 Å². The second-order valence-electron chi connectivity index (χ2n) is 5.02. The Balaban J connectivity index is 1.91. The predicted octanol–water partition coefficient (Wildman–Crippen LogP) is 2.04. The Hall–Kier alpha value is -1.39. The number of hydrogen-bond donors (Lipinski definition) is 1. The van der Waals surface area contributed by atoms with E-state index in [0.717, 1.165) is 18.8 Å². The SMILES string of the molecule is CC(C)Oc1ccc(C(=O)CC2CNCCO2)cc1. The normalized spacial score (nSPS) is 19.4. The molecule has 1 N–H and O–H groups in total. The van der Waals surface area contributed by atoms with Crippen molar-refractivity contribution in [3.63, 3.8) is 0 Å². The highest BCUT2D eigenvalue weighted by molar-refractivity contribution is 5.96. The summed E-state index contributed by atoms with van der Waals surface area (Å²) in [6, 6.07) is 7.31. The third-order valence-corrected chi connectivity index (χ3v) is 2.97. The number of morpholine rings is 1. The van der Waals surface area contributed by atoms with Crippen molar-refractivity contribution in [2.75, 3.05) is 19.7 Å². The Labute approximate surface area is 114 Å². The van der Waals surface area contributed by atoms with Crippen LogP contribution in [-0.4, -0.2) is 37.7 Å². The molecular weight excluding hydrogens is 242 g/mol. The van der Waals surface area contributed by atoms with Crippen LogP contribution in [0.15, 0.2) is 24.3 Å². The van der Waals surface area contributed by atoms with E-state index in [2.05, 4.69) is 5.32 Å². The first-order valence-electron chi connectivity index (χ1n) is 6.77. The predicted molar refractivity (Wildman–Crippen MR) is 73.8 cm³/mol. The lowest BCUT2D eigenvalue weighted by Crippen LogP contribution is -2.39. The number of hydrogen-bond acceptors (Lipinski definition) is 4. The van der Waals surface area contributed by atoms with Gasteiger partial charge in [0.05, 0.1) is 18.8 Å². The third kappa shape index (κ3) is 4.33. The van der Waals surface area contributed by atoms with Gasteiger partial charge in [-0.15, -0.1) is 0 Å². The lowest BCUT2D eigenvalue weighted by atomic mass is 10.0. The van der Waals surface area contributed by atoms with E-state index in [1.54, 1.807) is 0 Å². The molecule has 1 heterocycles. The fourth-order valence-electron chi connectivity index (χ4n) is 2.07.